The van der Waals surface area contributed by atoms with E-state index in [0.717, 1.165) is 48.2 Å². The molecule has 7 heteroatoms. The summed E-state index contributed by atoms with van der Waals surface area (Å²) in [5.41, 5.74) is 1.75. The summed E-state index contributed by atoms with van der Waals surface area (Å²) in [6, 6.07) is 14.6. The monoisotopic (exact) mass is 414 g/mol. The molecule has 1 aromatic heterocycles. The van der Waals surface area contributed by atoms with Crippen molar-refractivity contribution in [3.8, 4) is 17.4 Å². The van der Waals surface area contributed by atoms with Crippen molar-refractivity contribution in [2.45, 2.75) is 37.5 Å². The predicted molar refractivity (Wildman–Crippen MR) is 106 cm³/mol. The second-order valence-corrected chi connectivity index (χ2v) is 8.06. The Morgan fingerprint density at radius 3 is 2.37 bits per heavy atom. The molecule has 30 heavy (non-hydrogen) atoms. The highest BCUT2D eigenvalue weighted by atomic mass is 19.4. The van der Waals surface area contributed by atoms with Gasteiger partial charge in [0.2, 0.25) is 11.8 Å². The normalized spacial score (nSPS) is 21.0. The molecule has 3 aromatic rings. The number of benzene rings is 2. The molecule has 2 N–H and O–H groups in total. The molecule has 2 unspecified atom stereocenters. The van der Waals surface area contributed by atoms with Crippen LogP contribution in [0.15, 0.2) is 54.6 Å². The molecule has 1 aliphatic carbocycles. The summed E-state index contributed by atoms with van der Waals surface area (Å²) in [5.74, 6) is -0.295. The third-order valence-corrected chi connectivity index (χ3v) is 6.28. The molecule has 156 valence electrons. The molecule has 0 radical (unpaired) electrons. The van der Waals surface area contributed by atoms with E-state index >= 15 is 0 Å². The highest BCUT2D eigenvalue weighted by Gasteiger charge is 2.44. The van der Waals surface area contributed by atoms with Gasteiger partial charge in [-0.2, -0.15) is 13.2 Å². The third-order valence-electron chi connectivity index (χ3n) is 6.28. The maximum Gasteiger partial charge on any atom is 0.416 e. The Labute approximate surface area is 171 Å². The standard InChI is InChI=1S/C23H21F3N2O2/c24-23(25,26)16-7-4-8-17(11-16)28-21(29)19-15-9-10-18(20(19)22(28)30)27(13-15)12-14-5-2-1-3-6-14/h1-8,11,15,18,29-30H,9-10,12-13H2. The summed E-state index contributed by atoms with van der Waals surface area (Å²) in [6.07, 6.45) is -2.79. The van der Waals surface area contributed by atoms with Crippen LogP contribution in [-0.2, 0) is 12.7 Å². The molecular formula is C23H21F3N2O2. The predicted octanol–water partition coefficient (Wildman–Crippen LogP) is 5.34. The molecule has 2 bridgehead atoms. The number of hydrogen-bond donors (Lipinski definition) is 2. The van der Waals surface area contributed by atoms with Gasteiger partial charge in [0, 0.05) is 36.2 Å². The van der Waals surface area contributed by atoms with Gasteiger partial charge in [-0.25, -0.2) is 0 Å². The first-order valence-electron chi connectivity index (χ1n) is 9.96. The zero-order valence-electron chi connectivity index (χ0n) is 16.1. The van der Waals surface area contributed by atoms with Crippen LogP contribution in [0.3, 0.4) is 0 Å². The molecule has 3 aliphatic rings. The van der Waals surface area contributed by atoms with Crippen molar-refractivity contribution < 1.29 is 23.4 Å². The highest BCUT2D eigenvalue weighted by molar-refractivity contribution is 5.58. The van der Waals surface area contributed by atoms with E-state index in [2.05, 4.69) is 4.90 Å². The molecule has 4 nitrogen and oxygen atoms in total. The first-order valence-corrected chi connectivity index (χ1v) is 9.96. The van der Waals surface area contributed by atoms with Gasteiger partial charge in [0.05, 0.1) is 11.3 Å². The van der Waals surface area contributed by atoms with Crippen molar-refractivity contribution in [2.24, 2.45) is 0 Å². The Morgan fingerprint density at radius 2 is 1.63 bits per heavy atom. The Balaban J connectivity index is 1.57. The van der Waals surface area contributed by atoms with E-state index in [9.17, 15) is 23.4 Å². The fraction of sp³-hybridized carbons (Fsp3) is 0.304. The van der Waals surface area contributed by atoms with Crippen LogP contribution >= 0.6 is 0 Å². The number of rotatable bonds is 3. The summed E-state index contributed by atoms with van der Waals surface area (Å²) in [4.78, 5) is 2.28. The molecule has 0 amide bonds. The van der Waals surface area contributed by atoms with Crippen molar-refractivity contribution in [1.29, 1.82) is 0 Å². The quantitative estimate of drug-likeness (QED) is 0.608. The maximum absolute atomic E-state index is 13.2. The van der Waals surface area contributed by atoms with Gasteiger partial charge in [0.1, 0.15) is 0 Å². The van der Waals surface area contributed by atoms with E-state index in [1.807, 2.05) is 30.3 Å². The molecule has 2 atom stereocenters. The average molecular weight is 414 g/mol. The molecule has 1 saturated heterocycles. The fourth-order valence-corrected chi connectivity index (χ4v) is 4.98. The van der Waals surface area contributed by atoms with Crippen LogP contribution in [0.4, 0.5) is 13.2 Å². The molecule has 6 rings (SSSR count). The molecular weight excluding hydrogens is 393 g/mol. The minimum Gasteiger partial charge on any atom is -0.494 e. The minimum atomic E-state index is -4.50. The molecule has 0 spiro atoms. The Bertz CT molecular complexity index is 1090. The third kappa shape index (κ3) is 2.96. The number of fused-ring (bicyclic) bond motifs is 2. The van der Waals surface area contributed by atoms with Crippen LogP contribution in [0.25, 0.3) is 5.69 Å². The van der Waals surface area contributed by atoms with Crippen molar-refractivity contribution in [3.05, 3.63) is 76.9 Å². The van der Waals surface area contributed by atoms with Gasteiger partial charge in [-0.05, 0) is 36.6 Å². The number of hydrogen-bond acceptors (Lipinski definition) is 3. The first-order chi connectivity index (χ1) is 14.3. The van der Waals surface area contributed by atoms with Gasteiger partial charge in [0.15, 0.2) is 0 Å². The average Bonchev–Trinajstić information content (AvgIpc) is 3.01. The van der Waals surface area contributed by atoms with Crippen LogP contribution in [0.1, 0.15) is 47.1 Å². The summed E-state index contributed by atoms with van der Waals surface area (Å²) in [5, 5.41) is 21.9. The van der Waals surface area contributed by atoms with E-state index in [4.69, 9.17) is 0 Å². The number of halogens is 3. The lowest BCUT2D eigenvalue weighted by Crippen LogP contribution is -2.41. The summed E-state index contributed by atoms with van der Waals surface area (Å²) in [6.45, 7) is 1.46. The van der Waals surface area contributed by atoms with Crippen LogP contribution in [0.5, 0.6) is 11.8 Å². The van der Waals surface area contributed by atoms with Gasteiger partial charge in [-0.1, -0.05) is 36.4 Å². The zero-order valence-corrected chi connectivity index (χ0v) is 16.1. The Morgan fingerprint density at radius 1 is 0.900 bits per heavy atom. The molecule has 3 heterocycles. The first kappa shape index (κ1) is 19.1. The van der Waals surface area contributed by atoms with Crippen molar-refractivity contribution in [2.75, 3.05) is 6.54 Å². The largest absolute Gasteiger partial charge is 0.494 e. The Hall–Kier alpha value is -2.93. The van der Waals surface area contributed by atoms with Crippen molar-refractivity contribution in [1.82, 2.24) is 9.47 Å². The summed E-state index contributed by atoms with van der Waals surface area (Å²) < 4.78 is 40.6. The van der Waals surface area contributed by atoms with Crippen LogP contribution in [0.2, 0.25) is 0 Å². The van der Waals surface area contributed by atoms with Gasteiger partial charge >= 0.3 is 6.18 Å². The van der Waals surface area contributed by atoms with Gasteiger partial charge in [-0.15, -0.1) is 0 Å². The Kier molecular flexibility index (Phi) is 4.32. The lowest BCUT2D eigenvalue weighted by molar-refractivity contribution is -0.137. The fourth-order valence-electron chi connectivity index (χ4n) is 4.98. The van der Waals surface area contributed by atoms with E-state index in [0.29, 0.717) is 11.1 Å². The van der Waals surface area contributed by atoms with E-state index in [1.165, 1.54) is 12.1 Å². The van der Waals surface area contributed by atoms with E-state index in [1.54, 1.807) is 0 Å². The number of nitrogens with zero attached hydrogens (tertiary/aromatic N) is 2. The topological polar surface area (TPSA) is 48.6 Å². The molecule has 1 fully saturated rings. The van der Waals surface area contributed by atoms with Gasteiger partial charge < -0.3 is 10.2 Å². The number of aromatic nitrogens is 1. The number of alkyl halides is 3. The smallest absolute Gasteiger partial charge is 0.416 e. The summed E-state index contributed by atoms with van der Waals surface area (Å²) >= 11 is 0. The highest BCUT2D eigenvalue weighted by Crippen LogP contribution is 2.55. The minimum absolute atomic E-state index is 0.0339. The molecule has 0 saturated carbocycles. The number of aromatic hydroxyl groups is 2. The molecule has 2 aromatic carbocycles. The van der Waals surface area contributed by atoms with Crippen molar-refractivity contribution >= 4 is 0 Å². The number of piperidine rings is 1. The zero-order chi connectivity index (χ0) is 21.0. The van der Waals surface area contributed by atoms with Crippen LogP contribution in [-0.4, -0.2) is 26.2 Å². The summed E-state index contributed by atoms with van der Waals surface area (Å²) in [7, 11) is 0. The lowest BCUT2D eigenvalue weighted by Gasteiger charge is -2.45. The van der Waals surface area contributed by atoms with E-state index < -0.39 is 11.7 Å². The maximum atomic E-state index is 13.2. The van der Waals surface area contributed by atoms with Crippen LogP contribution in [0, 0.1) is 0 Å². The van der Waals surface area contributed by atoms with Crippen molar-refractivity contribution in [3.63, 3.8) is 0 Å². The van der Waals surface area contributed by atoms with E-state index in [-0.39, 0.29) is 29.4 Å². The van der Waals surface area contributed by atoms with Crippen LogP contribution < -0.4 is 0 Å². The second-order valence-electron chi connectivity index (χ2n) is 8.06. The van der Waals surface area contributed by atoms with Gasteiger partial charge in [0.25, 0.3) is 0 Å². The SMILES string of the molecule is Oc1c2c(c(O)n1-c1cccc(C(F)(F)F)c1)C1CCC2CN1Cc1ccccc1. The van der Waals surface area contributed by atoms with Gasteiger partial charge in [-0.3, -0.25) is 9.47 Å². The second kappa shape index (κ2) is 6.80. The lowest BCUT2D eigenvalue weighted by atomic mass is 9.76. The molecule has 2 aliphatic heterocycles.